The molecule has 1 aliphatic rings. The summed E-state index contributed by atoms with van der Waals surface area (Å²) in [4.78, 5) is 11.4. The fourth-order valence-corrected chi connectivity index (χ4v) is 2.21. The third kappa shape index (κ3) is 2.74. The fraction of sp³-hybridized carbons (Fsp3) is 0.917. The molecule has 4 nitrogen and oxygen atoms in total. The van der Waals surface area contributed by atoms with Gasteiger partial charge >= 0.3 is 0 Å². The lowest BCUT2D eigenvalue weighted by molar-refractivity contribution is -0.125. The molecule has 4 heteroatoms. The van der Waals surface area contributed by atoms with Gasteiger partial charge in [0.2, 0.25) is 5.91 Å². The van der Waals surface area contributed by atoms with Crippen molar-refractivity contribution in [2.45, 2.75) is 63.7 Å². The third-order valence-electron chi connectivity index (χ3n) is 3.76. The van der Waals surface area contributed by atoms with Gasteiger partial charge in [0.25, 0.3) is 0 Å². The van der Waals surface area contributed by atoms with E-state index in [9.17, 15) is 4.79 Å². The first-order chi connectivity index (χ1) is 7.35. The number of nitrogens with one attached hydrogen (secondary N) is 1. The van der Waals surface area contributed by atoms with Crippen molar-refractivity contribution in [1.82, 2.24) is 5.32 Å². The van der Waals surface area contributed by atoms with Gasteiger partial charge in [-0.1, -0.05) is 6.92 Å². The number of likely N-dealkylation sites (N-methyl/N-ethyl adjacent to an activating group) is 1. The Morgan fingerprint density at radius 3 is 2.62 bits per heavy atom. The molecule has 1 fully saturated rings. The van der Waals surface area contributed by atoms with Crippen LogP contribution in [0.4, 0.5) is 0 Å². The van der Waals surface area contributed by atoms with Crippen LogP contribution in [0.2, 0.25) is 0 Å². The van der Waals surface area contributed by atoms with Gasteiger partial charge in [-0.25, -0.2) is 0 Å². The molecule has 0 spiro atoms. The molecule has 2 atom stereocenters. The molecule has 0 bridgehead atoms. The van der Waals surface area contributed by atoms with Crippen LogP contribution in [-0.4, -0.2) is 30.2 Å². The predicted molar refractivity (Wildman–Crippen MR) is 64.1 cm³/mol. The summed E-state index contributed by atoms with van der Waals surface area (Å²) in [5.41, 5.74) is 4.76. The second-order valence-corrected chi connectivity index (χ2v) is 5.29. The SMILES string of the molecule is CCC(C)(C)OC1CCC(NC)(C(N)=O)C1. The summed E-state index contributed by atoms with van der Waals surface area (Å²) in [5.74, 6) is -0.268. The average molecular weight is 228 g/mol. The Morgan fingerprint density at radius 2 is 2.25 bits per heavy atom. The Kier molecular flexibility index (Phi) is 3.97. The number of amides is 1. The van der Waals surface area contributed by atoms with Crippen LogP contribution in [0.25, 0.3) is 0 Å². The minimum absolute atomic E-state index is 0.119. The summed E-state index contributed by atoms with van der Waals surface area (Å²) >= 11 is 0. The van der Waals surface area contributed by atoms with Crippen LogP contribution < -0.4 is 11.1 Å². The van der Waals surface area contributed by atoms with Crippen molar-refractivity contribution in [3.05, 3.63) is 0 Å². The molecule has 0 aliphatic heterocycles. The normalized spacial score (nSPS) is 30.6. The molecule has 0 heterocycles. The molecule has 94 valence electrons. The van der Waals surface area contributed by atoms with E-state index in [-0.39, 0.29) is 17.6 Å². The Morgan fingerprint density at radius 1 is 1.62 bits per heavy atom. The molecule has 1 amide bonds. The second kappa shape index (κ2) is 4.72. The number of carbonyl (C=O) groups excluding carboxylic acids is 1. The highest BCUT2D eigenvalue weighted by Gasteiger charge is 2.44. The zero-order valence-corrected chi connectivity index (χ0v) is 10.8. The van der Waals surface area contributed by atoms with Gasteiger partial charge in [-0.2, -0.15) is 0 Å². The molecule has 1 aliphatic carbocycles. The molecule has 1 rings (SSSR count). The van der Waals surface area contributed by atoms with Crippen LogP contribution >= 0.6 is 0 Å². The van der Waals surface area contributed by atoms with E-state index in [0.717, 1.165) is 19.3 Å². The van der Waals surface area contributed by atoms with Gasteiger partial charge in [-0.05, 0) is 40.2 Å². The molecular weight excluding hydrogens is 204 g/mol. The molecular formula is C12H24N2O2. The van der Waals surface area contributed by atoms with Crippen LogP contribution in [0.3, 0.4) is 0 Å². The van der Waals surface area contributed by atoms with Crippen LogP contribution in [0.1, 0.15) is 46.5 Å². The number of hydrogen-bond donors (Lipinski definition) is 2. The molecule has 0 saturated heterocycles. The van der Waals surface area contributed by atoms with Crippen LogP contribution in [0.5, 0.6) is 0 Å². The highest BCUT2D eigenvalue weighted by Crippen LogP contribution is 2.34. The predicted octanol–water partition coefficient (Wildman–Crippen LogP) is 1.19. The summed E-state index contributed by atoms with van der Waals surface area (Å²) in [6, 6.07) is 0. The molecule has 0 aromatic heterocycles. The Labute approximate surface area is 97.9 Å². The standard InChI is InChI=1S/C12H24N2O2/c1-5-11(2,3)16-9-6-7-12(8-9,14-4)10(13)15/h9,14H,5-8H2,1-4H3,(H2,13,15). The number of hydrogen-bond acceptors (Lipinski definition) is 3. The smallest absolute Gasteiger partial charge is 0.237 e. The monoisotopic (exact) mass is 228 g/mol. The lowest BCUT2D eigenvalue weighted by atomic mass is 9.97. The first-order valence-corrected chi connectivity index (χ1v) is 6.02. The first kappa shape index (κ1) is 13.5. The highest BCUT2D eigenvalue weighted by atomic mass is 16.5. The Bertz CT molecular complexity index is 266. The van der Waals surface area contributed by atoms with Crippen LogP contribution in [-0.2, 0) is 9.53 Å². The maximum Gasteiger partial charge on any atom is 0.237 e. The molecule has 1 saturated carbocycles. The van der Waals surface area contributed by atoms with Gasteiger partial charge in [-0.15, -0.1) is 0 Å². The van der Waals surface area contributed by atoms with Gasteiger partial charge in [0.05, 0.1) is 17.2 Å². The largest absolute Gasteiger partial charge is 0.372 e. The quantitative estimate of drug-likeness (QED) is 0.743. The van der Waals surface area contributed by atoms with Crippen molar-refractivity contribution in [2.24, 2.45) is 5.73 Å². The van der Waals surface area contributed by atoms with Crippen molar-refractivity contribution < 1.29 is 9.53 Å². The average Bonchev–Trinajstić information content (AvgIpc) is 2.62. The minimum atomic E-state index is -0.561. The maximum absolute atomic E-state index is 11.4. The van der Waals surface area contributed by atoms with E-state index in [4.69, 9.17) is 10.5 Å². The maximum atomic E-state index is 11.4. The van der Waals surface area contributed by atoms with Crippen molar-refractivity contribution >= 4 is 5.91 Å². The van der Waals surface area contributed by atoms with E-state index < -0.39 is 5.54 Å². The molecule has 0 aromatic carbocycles. The van der Waals surface area contributed by atoms with E-state index in [2.05, 4.69) is 26.1 Å². The zero-order valence-electron chi connectivity index (χ0n) is 10.8. The number of primary amides is 1. The van der Waals surface area contributed by atoms with E-state index in [1.807, 2.05) is 0 Å². The van der Waals surface area contributed by atoms with Crippen LogP contribution in [0.15, 0.2) is 0 Å². The first-order valence-electron chi connectivity index (χ1n) is 6.02. The summed E-state index contributed by atoms with van der Waals surface area (Å²) in [6.45, 7) is 6.27. The Hall–Kier alpha value is -0.610. The summed E-state index contributed by atoms with van der Waals surface area (Å²) < 4.78 is 6.01. The van der Waals surface area contributed by atoms with Gasteiger partial charge in [0.15, 0.2) is 0 Å². The molecule has 16 heavy (non-hydrogen) atoms. The van der Waals surface area contributed by atoms with Crippen molar-refractivity contribution in [3.8, 4) is 0 Å². The summed E-state index contributed by atoms with van der Waals surface area (Å²) in [7, 11) is 1.79. The summed E-state index contributed by atoms with van der Waals surface area (Å²) in [5, 5.41) is 3.06. The lowest BCUT2D eigenvalue weighted by Crippen LogP contribution is -2.52. The zero-order chi connectivity index (χ0) is 12.4. The summed E-state index contributed by atoms with van der Waals surface area (Å²) in [6.07, 6.45) is 3.45. The molecule has 0 aromatic rings. The molecule has 3 N–H and O–H groups in total. The number of nitrogens with two attached hydrogens (primary N) is 1. The topological polar surface area (TPSA) is 64.3 Å². The van der Waals surface area contributed by atoms with Crippen molar-refractivity contribution in [1.29, 1.82) is 0 Å². The highest BCUT2D eigenvalue weighted by molar-refractivity contribution is 5.85. The number of ether oxygens (including phenoxy) is 1. The Balaban J connectivity index is 2.61. The minimum Gasteiger partial charge on any atom is -0.372 e. The third-order valence-corrected chi connectivity index (χ3v) is 3.76. The lowest BCUT2D eigenvalue weighted by Gasteiger charge is -2.29. The second-order valence-electron chi connectivity index (χ2n) is 5.29. The van der Waals surface area contributed by atoms with Gasteiger partial charge in [-0.3, -0.25) is 4.79 Å². The number of carbonyl (C=O) groups is 1. The van der Waals surface area contributed by atoms with Gasteiger partial charge in [0.1, 0.15) is 0 Å². The number of rotatable bonds is 5. The van der Waals surface area contributed by atoms with E-state index >= 15 is 0 Å². The molecule has 0 radical (unpaired) electrons. The molecule has 2 unspecified atom stereocenters. The van der Waals surface area contributed by atoms with Crippen LogP contribution in [0, 0.1) is 0 Å². The fourth-order valence-electron chi connectivity index (χ4n) is 2.21. The van der Waals surface area contributed by atoms with Gasteiger partial charge in [0, 0.05) is 6.42 Å². The van der Waals surface area contributed by atoms with E-state index in [0.29, 0.717) is 6.42 Å². The van der Waals surface area contributed by atoms with E-state index in [1.54, 1.807) is 7.05 Å². The van der Waals surface area contributed by atoms with E-state index in [1.165, 1.54) is 0 Å². The van der Waals surface area contributed by atoms with Gasteiger partial charge < -0.3 is 15.8 Å². The van der Waals surface area contributed by atoms with Crippen molar-refractivity contribution in [2.75, 3.05) is 7.05 Å². The van der Waals surface area contributed by atoms with Crippen molar-refractivity contribution in [3.63, 3.8) is 0 Å².